The summed E-state index contributed by atoms with van der Waals surface area (Å²) in [6, 6.07) is 0. The normalized spacial score (nSPS) is 10.0. The molecule has 20 heavy (non-hydrogen) atoms. The van der Waals surface area contributed by atoms with Crippen molar-refractivity contribution in [2.24, 2.45) is 0 Å². The standard InChI is InChI=1S/C4H4O2.2C3H5NO3/c1-2-6-4-3-5-1;2*5-2-4-1-3(6)7/h1-4H;2*2H,1H2,(H,4,5)(H,6,7). The van der Waals surface area contributed by atoms with Crippen LogP contribution >= 0.6 is 0 Å². The Labute approximate surface area is 113 Å². The summed E-state index contributed by atoms with van der Waals surface area (Å²) in [5.41, 5.74) is 0. The maximum absolute atomic E-state index is 9.54. The summed E-state index contributed by atoms with van der Waals surface area (Å²) < 4.78 is 9.17. The molecule has 0 saturated carbocycles. The van der Waals surface area contributed by atoms with Gasteiger partial charge in [0.1, 0.15) is 38.1 Å². The Bertz CT molecular complexity index is 311. The Balaban J connectivity index is 0. The van der Waals surface area contributed by atoms with Gasteiger partial charge in [-0.25, -0.2) is 0 Å². The molecule has 0 aromatic carbocycles. The van der Waals surface area contributed by atoms with Gasteiger partial charge in [-0.2, -0.15) is 0 Å². The first-order valence-corrected chi connectivity index (χ1v) is 4.93. The van der Waals surface area contributed by atoms with Gasteiger partial charge >= 0.3 is 11.9 Å². The van der Waals surface area contributed by atoms with Gasteiger partial charge in [0.15, 0.2) is 0 Å². The molecule has 10 nitrogen and oxygen atoms in total. The fourth-order valence-corrected chi connectivity index (χ4v) is 0.477. The number of aliphatic carboxylic acids is 2. The highest BCUT2D eigenvalue weighted by Gasteiger charge is 1.89. The largest absolute Gasteiger partial charge is 0.480 e. The number of amides is 2. The van der Waals surface area contributed by atoms with E-state index in [1.165, 1.54) is 25.0 Å². The third-order valence-corrected chi connectivity index (χ3v) is 1.10. The number of ether oxygens (including phenoxy) is 2. The summed E-state index contributed by atoms with van der Waals surface area (Å²) in [7, 11) is 0. The van der Waals surface area contributed by atoms with Crippen molar-refractivity contribution in [2.75, 3.05) is 13.1 Å². The SMILES string of the molecule is C1=COC=CO1.O=CNCC(=O)O.O=CNCC(=O)O. The molecule has 0 fully saturated rings. The molecule has 0 bridgehead atoms. The molecule has 10 heteroatoms. The number of carbonyl (C=O) groups is 4. The average molecular weight is 290 g/mol. The van der Waals surface area contributed by atoms with Crippen molar-refractivity contribution in [3.05, 3.63) is 25.0 Å². The van der Waals surface area contributed by atoms with Crippen LogP contribution in [0.15, 0.2) is 25.0 Å². The van der Waals surface area contributed by atoms with Crippen molar-refractivity contribution >= 4 is 24.8 Å². The zero-order valence-corrected chi connectivity index (χ0v) is 10.2. The van der Waals surface area contributed by atoms with Crippen LogP contribution in [0.4, 0.5) is 0 Å². The molecule has 0 spiro atoms. The van der Waals surface area contributed by atoms with Gasteiger partial charge < -0.3 is 30.3 Å². The Kier molecular flexibility index (Phi) is 15.4. The third kappa shape index (κ3) is 24.3. The molecule has 1 rings (SSSR count). The minimum atomic E-state index is -1.04. The van der Waals surface area contributed by atoms with E-state index in [4.69, 9.17) is 10.2 Å². The molecule has 0 atom stereocenters. The summed E-state index contributed by atoms with van der Waals surface area (Å²) in [6.45, 7) is -0.604. The predicted molar refractivity (Wildman–Crippen MR) is 63.9 cm³/mol. The predicted octanol–water partition coefficient (Wildman–Crippen LogP) is -1.39. The number of carbonyl (C=O) groups excluding carboxylic acids is 2. The van der Waals surface area contributed by atoms with Crippen LogP contribution in [0, 0.1) is 0 Å². The number of rotatable bonds is 6. The minimum Gasteiger partial charge on any atom is -0.480 e. The average Bonchev–Trinajstić information content (AvgIpc) is 2.46. The third-order valence-electron chi connectivity index (χ3n) is 1.10. The Morgan fingerprint density at radius 2 is 1.15 bits per heavy atom. The zero-order valence-electron chi connectivity index (χ0n) is 10.2. The lowest BCUT2D eigenvalue weighted by molar-refractivity contribution is -0.137. The van der Waals surface area contributed by atoms with E-state index in [1.807, 2.05) is 10.6 Å². The summed E-state index contributed by atoms with van der Waals surface area (Å²) in [6.07, 6.45) is 6.52. The fraction of sp³-hybridized carbons (Fsp3) is 0.200. The molecule has 4 N–H and O–H groups in total. The molecular weight excluding hydrogens is 276 g/mol. The first kappa shape index (κ1) is 19.3. The van der Waals surface area contributed by atoms with Crippen molar-refractivity contribution in [3.8, 4) is 0 Å². The Morgan fingerprint density at radius 1 is 0.850 bits per heavy atom. The molecule has 0 unspecified atom stereocenters. The number of carboxylic acid groups (broad SMARTS) is 2. The molecule has 1 aliphatic rings. The molecule has 112 valence electrons. The van der Waals surface area contributed by atoms with E-state index in [0.717, 1.165) is 0 Å². The highest BCUT2D eigenvalue weighted by molar-refractivity contribution is 5.72. The van der Waals surface area contributed by atoms with Gasteiger partial charge in [0.05, 0.1) is 0 Å². The Morgan fingerprint density at radius 3 is 1.25 bits per heavy atom. The second-order valence-electron chi connectivity index (χ2n) is 2.60. The molecule has 2 amide bonds. The van der Waals surface area contributed by atoms with Gasteiger partial charge in [-0.3, -0.25) is 19.2 Å². The maximum atomic E-state index is 9.54. The lowest BCUT2D eigenvalue weighted by atomic mass is 10.7. The van der Waals surface area contributed by atoms with Crippen LogP contribution in [0.5, 0.6) is 0 Å². The van der Waals surface area contributed by atoms with Crippen LogP contribution in [0.2, 0.25) is 0 Å². The lowest BCUT2D eigenvalue weighted by Crippen LogP contribution is -2.20. The van der Waals surface area contributed by atoms with Crippen LogP contribution in [-0.4, -0.2) is 48.1 Å². The van der Waals surface area contributed by atoms with E-state index in [2.05, 4.69) is 9.47 Å². The smallest absolute Gasteiger partial charge is 0.322 e. The highest BCUT2D eigenvalue weighted by Crippen LogP contribution is 1.89. The van der Waals surface area contributed by atoms with Gasteiger partial charge in [0, 0.05) is 0 Å². The van der Waals surface area contributed by atoms with Crippen LogP contribution < -0.4 is 10.6 Å². The zero-order chi connectivity index (χ0) is 15.6. The number of nitrogens with one attached hydrogen (secondary N) is 2. The summed E-state index contributed by atoms with van der Waals surface area (Å²) in [5.74, 6) is -2.07. The van der Waals surface area contributed by atoms with Gasteiger partial charge in [-0.05, 0) is 0 Å². The van der Waals surface area contributed by atoms with E-state index in [-0.39, 0.29) is 13.1 Å². The summed E-state index contributed by atoms with van der Waals surface area (Å²) in [5, 5.41) is 19.6. The van der Waals surface area contributed by atoms with Crippen molar-refractivity contribution in [1.82, 2.24) is 10.6 Å². The number of hydrogen-bond acceptors (Lipinski definition) is 6. The quantitative estimate of drug-likeness (QED) is 0.436. The van der Waals surface area contributed by atoms with Gasteiger partial charge in [0.25, 0.3) is 0 Å². The highest BCUT2D eigenvalue weighted by atomic mass is 16.5. The topological polar surface area (TPSA) is 151 Å². The van der Waals surface area contributed by atoms with Crippen molar-refractivity contribution in [2.45, 2.75) is 0 Å². The molecule has 1 aliphatic heterocycles. The molecular formula is C10H14N2O8. The van der Waals surface area contributed by atoms with Gasteiger partial charge in [0.2, 0.25) is 12.8 Å². The van der Waals surface area contributed by atoms with E-state index < -0.39 is 11.9 Å². The van der Waals surface area contributed by atoms with Crippen LogP contribution in [0.25, 0.3) is 0 Å². The maximum Gasteiger partial charge on any atom is 0.322 e. The molecule has 0 saturated heterocycles. The molecule has 0 radical (unpaired) electrons. The second kappa shape index (κ2) is 16.0. The van der Waals surface area contributed by atoms with Gasteiger partial charge in [-0.1, -0.05) is 0 Å². The van der Waals surface area contributed by atoms with Crippen molar-refractivity contribution < 1.29 is 38.9 Å². The number of hydrogen-bond donors (Lipinski definition) is 4. The van der Waals surface area contributed by atoms with E-state index in [9.17, 15) is 19.2 Å². The van der Waals surface area contributed by atoms with Crippen LogP contribution in [0.3, 0.4) is 0 Å². The first-order chi connectivity index (χ1) is 9.54. The van der Waals surface area contributed by atoms with Gasteiger partial charge in [-0.15, -0.1) is 0 Å². The van der Waals surface area contributed by atoms with Crippen LogP contribution in [0.1, 0.15) is 0 Å². The van der Waals surface area contributed by atoms with Crippen LogP contribution in [-0.2, 0) is 28.7 Å². The molecule has 0 aromatic rings. The van der Waals surface area contributed by atoms with E-state index in [0.29, 0.717) is 12.8 Å². The summed E-state index contributed by atoms with van der Waals surface area (Å²) >= 11 is 0. The van der Waals surface area contributed by atoms with Crippen molar-refractivity contribution in [1.29, 1.82) is 0 Å². The molecule has 1 heterocycles. The molecule has 0 aromatic heterocycles. The first-order valence-electron chi connectivity index (χ1n) is 4.93. The second-order valence-corrected chi connectivity index (χ2v) is 2.60. The molecule has 0 aliphatic carbocycles. The van der Waals surface area contributed by atoms with E-state index in [1.54, 1.807) is 0 Å². The monoisotopic (exact) mass is 290 g/mol. The van der Waals surface area contributed by atoms with Crippen molar-refractivity contribution in [3.63, 3.8) is 0 Å². The minimum absolute atomic E-state index is 0.302. The number of carboxylic acids is 2. The van der Waals surface area contributed by atoms with E-state index >= 15 is 0 Å². The lowest BCUT2D eigenvalue weighted by Gasteiger charge is -1.94. The summed E-state index contributed by atoms with van der Waals surface area (Å²) in [4.78, 5) is 37.7. The fourth-order valence-electron chi connectivity index (χ4n) is 0.477. The Hall–Kier alpha value is -3.04.